The highest BCUT2D eigenvalue weighted by atomic mass is 127. The average molecular weight is 348 g/mol. The molecular formula is C13H21IN2O. The minimum absolute atomic E-state index is 0.00926. The largest absolute Gasteiger partial charge is 0.310 e. The molecule has 96 valence electrons. The van der Waals surface area contributed by atoms with Crippen molar-refractivity contribution in [2.75, 3.05) is 0 Å². The number of hydrogen-bond acceptors (Lipinski definition) is 2. The maximum Gasteiger partial charge on any atom is 0.264 e. The highest BCUT2D eigenvalue weighted by Gasteiger charge is 2.10. The Labute approximate surface area is 117 Å². The SMILES string of the molecule is CC(C)CCc1nc(CC(C)C)c(I)c(=O)[nH]1. The predicted octanol–water partition coefficient (Wildman–Crippen LogP) is 3.16. The Bertz CT molecular complexity index is 424. The van der Waals surface area contributed by atoms with E-state index in [1.807, 2.05) is 0 Å². The Kier molecular flexibility index (Phi) is 5.62. The topological polar surface area (TPSA) is 45.8 Å². The van der Waals surface area contributed by atoms with Gasteiger partial charge in [0.25, 0.3) is 5.56 Å². The Morgan fingerprint density at radius 1 is 1.24 bits per heavy atom. The first-order chi connectivity index (χ1) is 7.90. The molecule has 1 N–H and O–H groups in total. The van der Waals surface area contributed by atoms with Crippen LogP contribution in [0.25, 0.3) is 0 Å². The van der Waals surface area contributed by atoms with Gasteiger partial charge in [0.2, 0.25) is 0 Å². The standard InChI is InChI=1S/C13H21IN2O/c1-8(2)5-6-11-15-10(7-9(3)4)12(14)13(17)16-11/h8-9H,5-7H2,1-4H3,(H,15,16,17). The van der Waals surface area contributed by atoms with Crippen molar-refractivity contribution in [3.8, 4) is 0 Å². The predicted molar refractivity (Wildman–Crippen MR) is 79.3 cm³/mol. The molecule has 0 fully saturated rings. The zero-order valence-corrected chi connectivity index (χ0v) is 13.2. The van der Waals surface area contributed by atoms with Gasteiger partial charge in [0.1, 0.15) is 5.82 Å². The van der Waals surface area contributed by atoms with Crippen molar-refractivity contribution in [1.29, 1.82) is 0 Å². The summed E-state index contributed by atoms with van der Waals surface area (Å²) in [6, 6.07) is 0. The first-order valence-electron chi connectivity index (χ1n) is 6.17. The Morgan fingerprint density at radius 3 is 2.41 bits per heavy atom. The first-order valence-corrected chi connectivity index (χ1v) is 7.25. The Balaban J connectivity index is 2.93. The van der Waals surface area contributed by atoms with E-state index in [2.05, 4.69) is 60.3 Å². The summed E-state index contributed by atoms with van der Waals surface area (Å²) in [5, 5.41) is 0. The van der Waals surface area contributed by atoms with Crippen LogP contribution < -0.4 is 5.56 Å². The fourth-order valence-electron chi connectivity index (χ4n) is 1.62. The van der Waals surface area contributed by atoms with Crippen molar-refractivity contribution in [1.82, 2.24) is 9.97 Å². The molecule has 0 radical (unpaired) electrons. The van der Waals surface area contributed by atoms with Crippen molar-refractivity contribution in [2.45, 2.75) is 47.0 Å². The van der Waals surface area contributed by atoms with Gasteiger partial charge in [-0.15, -0.1) is 0 Å². The van der Waals surface area contributed by atoms with Crippen LogP contribution in [0.3, 0.4) is 0 Å². The summed E-state index contributed by atoms with van der Waals surface area (Å²) in [7, 11) is 0. The van der Waals surface area contributed by atoms with Gasteiger partial charge in [0.15, 0.2) is 0 Å². The molecule has 0 atom stereocenters. The molecule has 0 saturated heterocycles. The monoisotopic (exact) mass is 348 g/mol. The number of aryl methyl sites for hydroxylation is 1. The molecule has 1 rings (SSSR count). The van der Waals surface area contributed by atoms with Crippen LogP contribution in [0.15, 0.2) is 4.79 Å². The second-order valence-corrected chi connectivity index (χ2v) is 6.38. The first kappa shape index (κ1) is 14.7. The second kappa shape index (κ2) is 6.52. The smallest absolute Gasteiger partial charge is 0.264 e. The molecule has 0 unspecified atom stereocenters. The summed E-state index contributed by atoms with van der Waals surface area (Å²) in [6.45, 7) is 8.65. The van der Waals surface area contributed by atoms with Gasteiger partial charge < -0.3 is 4.98 Å². The molecule has 1 aromatic rings. The molecule has 3 nitrogen and oxygen atoms in total. The molecule has 0 aliphatic rings. The number of halogens is 1. The molecule has 4 heteroatoms. The molecule has 17 heavy (non-hydrogen) atoms. The lowest BCUT2D eigenvalue weighted by molar-refractivity contribution is 0.567. The number of rotatable bonds is 5. The van der Waals surface area contributed by atoms with E-state index >= 15 is 0 Å². The van der Waals surface area contributed by atoms with E-state index in [0.717, 1.165) is 34.4 Å². The van der Waals surface area contributed by atoms with Crippen LogP contribution in [0, 0.1) is 15.4 Å². The van der Waals surface area contributed by atoms with Gasteiger partial charge in [0, 0.05) is 6.42 Å². The number of H-pyrrole nitrogens is 1. The number of hydrogen-bond donors (Lipinski definition) is 1. The van der Waals surface area contributed by atoms with Crippen molar-refractivity contribution in [3.63, 3.8) is 0 Å². The zero-order chi connectivity index (χ0) is 13.0. The van der Waals surface area contributed by atoms with E-state index in [1.165, 1.54) is 0 Å². The average Bonchev–Trinajstić information content (AvgIpc) is 2.21. The quantitative estimate of drug-likeness (QED) is 0.831. The lowest BCUT2D eigenvalue weighted by Crippen LogP contribution is -2.19. The number of nitrogens with zero attached hydrogens (tertiary/aromatic N) is 1. The maximum atomic E-state index is 11.8. The van der Waals surface area contributed by atoms with Gasteiger partial charge in [-0.2, -0.15) is 0 Å². The van der Waals surface area contributed by atoms with Gasteiger partial charge in [0.05, 0.1) is 9.26 Å². The van der Waals surface area contributed by atoms with Crippen molar-refractivity contribution < 1.29 is 0 Å². The third kappa shape index (κ3) is 4.77. The van der Waals surface area contributed by atoms with Gasteiger partial charge in [-0.1, -0.05) is 27.7 Å². The lowest BCUT2D eigenvalue weighted by Gasteiger charge is -2.09. The number of aromatic nitrogens is 2. The number of nitrogens with one attached hydrogen (secondary N) is 1. The van der Waals surface area contributed by atoms with Gasteiger partial charge in [-0.3, -0.25) is 4.79 Å². The van der Waals surface area contributed by atoms with Crippen LogP contribution >= 0.6 is 22.6 Å². The third-order valence-electron chi connectivity index (χ3n) is 2.54. The summed E-state index contributed by atoms with van der Waals surface area (Å²) in [4.78, 5) is 19.2. The molecule has 0 saturated carbocycles. The fraction of sp³-hybridized carbons (Fsp3) is 0.692. The molecule has 0 amide bonds. The van der Waals surface area contributed by atoms with Crippen LogP contribution in [0.5, 0.6) is 0 Å². The van der Waals surface area contributed by atoms with Crippen molar-refractivity contribution >= 4 is 22.6 Å². The molecule has 0 aromatic carbocycles. The zero-order valence-electron chi connectivity index (χ0n) is 11.0. The molecule has 0 spiro atoms. The highest BCUT2D eigenvalue weighted by molar-refractivity contribution is 14.1. The minimum atomic E-state index is 0.00926. The van der Waals surface area contributed by atoms with Crippen molar-refractivity contribution in [2.24, 2.45) is 11.8 Å². The van der Waals surface area contributed by atoms with Gasteiger partial charge in [-0.05, 0) is 47.3 Å². The minimum Gasteiger partial charge on any atom is -0.310 e. The highest BCUT2D eigenvalue weighted by Crippen LogP contribution is 2.12. The van der Waals surface area contributed by atoms with Crippen LogP contribution in [-0.2, 0) is 12.8 Å². The summed E-state index contributed by atoms with van der Waals surface area (Å²) in [5.74, 6) is 1.99. The normalized spacial score (nSPS) is 11.5. The molecule has 1 heterocycles. The molecule has 0 aliphatic carbocycles. The summed E-state index contributed by atoms with van der Waals surface area (Å²) in [5.41, 5.74) is 0.957. The summed E-state index contributed by atoms with van der Waals surface area (Å²) < 4.78 is 0.740. The van der Waals surface area contributed by atoms with Crippen molar-refractivity contribution in [3.05, 3.63) is 25.4 Å². The Morgan fingerprint density at radius 2 is 1.88 bits per heavy atom. The van der Waals surface area contributed by atoms with E-state index in [4.69, 9.17) is 0 Å². The molecular weight excluding hydrogens is 327 g/mol. The lowest BCUT2D eigenvalue weighted by atomic mass is 10.1. The van der Waals surface area contributed by atoms with Crippen LogP contribution in [0.4, 0.5) is 0 Å². The van der Waals surface area contributed by atoms with Gasteiger partial charge >= 0.3 is 0 Å². The van der Waals surface area contributed by atoms with E-state index in [-0.39, 0.29) is 5.56 Å². The second-order valence-electron chi connectivity index (χ2n) is 5.30. The van der Waals surface area contributed by atoms with Crippen LogP contribution in [0.1, 0.15) is 45.6 Å². The third-order valence-corrected chi connectivity index (χ3v) is 3.65. The van der Waals surface area contributed by atoms with E-state index < -0.39 is 0 Å². The molecule has 0 aliphatic heterocycles. The summed E-state index contributed by atoms with van der Waals surface area (Å²) in [6.07, 6.45) is 2.79. The summed E-state index contributed by atoms with van der Waals surface area (Å²) >= 11 is 2.09. The van der Waals surface area contributed by atoms with E-state index in [0.29, 0.717) is 11.8 Å². The maximum absolute atomic E-state index is 11.8. The molecule has 1 aromatic heterocycles. The Hall–Kier alpha value is -0.390. The van der Waals surface area contributed by atoms with Gasteiger partial charge in [-0.25, -0.2) is 4.98 Å². The number of aromatic amines is 1. The molecule has 0 bridgehead atoms. The van der Waals surface area contributed by atoms with Crippen LogP contribution in [-0.4, -0.2) is 9.97 Å². The van der Waals surface area contributed by atoms with E-state index in [1.54, 1.807) is 0 Å². The van der Waals surface area contributed by atoms with Crippen LogP contribution in [0.2, 0.25) is 0 Å². The fourth-order valence-corrected chi connectivity index (χ4v) is 2.10. The van der Waals surface area contributed by atoms with E-state index in [9.17, 15) is 4.79 Å².